The molecule has 0 aliphatic heterocycles. The molecule has 0 saturated heterocycles. The summed E-state index contributed by atoms with van der Waals surface area (Å²) < 4.78 is 2.01. The summed E-state index contributed by atoms with van der Waals surface area (Å²) in [5, 5.41) is 3.66. The molecule has 5 heteroatoms. The number of amides is 1. The quantitative estimate of drug-likeness (QED) is 0.487. The molecule has 4 aromatic rings. The molecule has 0 spiro atoms. The van der Waals surface area contributed by atoms with Gasteiger partial charge in [-0.2, -0.15) is 0 Å². The van der Waals surface area contributed by atoms with Crippen LogP contribution in [0.15, 0.2) is 73.1 Å². The van der Waals surface area contributed by atoms with Crippen LogP contribution in [0.25, 0.3) is 16.9 Å². The minimum absolute atomic E-state index is 0.0250. The maximum atomic E-state index is 12.3. The Labute approximate surface area is 168 Å². The smallest absolute Gasteiger partial charge is 0.224 e. The monoisotopic (exact) mass is 389 g/mol. The van der Waals surface area contributed by atoms with Crippen molar-refractivity contribution in [3.63, 3.8) is 0 Å². The molecule has 0 atom stereocenters. The normalized spacial score (nSPS) is 10.9. The average molecular weight is 390 g/mol. The zero-order valence-electron chi connectivity index (χ0n) is 15.5. The number of hydrogen-bond donors (Lipinski definition) is 1. The van der Waals surface area contributed by atoms with Crippen molar-refractivity contribution >= 4 is 28.8 Å². The largest absolute Gasteiger partial charge is 0.326 e. The van der Waals surface area contributed by atoms with E-state index in [1.54, 1.807) is 0 Å². The van der Waals surface area contributed by atoms with E-state index in [1.807, 2.05) is 84.4 Å². The summed E-state index contributed by atoms with van der Waals surface area (Å²) in [6.07, 6.45) is 5.04. The third kappa shape index (κ3) is 4.07. The van der Waals surface area contributed by atoms with Gasteiger partial charge in [0.25, 0.3) is 0 Å². The summed E-state index contributed by atoms with van der Waals surface area (Å²) >= 11 is 6.00. The molecule has 2 aromatic carbocycles. The van der Waals surface area contributed by atoms with Crippen LogP contribution in [0.3, 0.4) is 0 Å². The summed E-state index contributed by atoms with van der Waals surface area (Å²) in [5.41, 5.74) is 5.73. The van der Waals surface area contributed by atoms with Gasteiger partial charge in [0.15, 0.2) is 0 Å². The Morgan fingerprint density at radius 1 is 1.11 bits per heavy atom. The number of aryl methyl sites for hydroxylation is 2. The van der Waals surface area contributed by atoms with Crippen LogP contribution in [-0.2, 0) is 11.2 Å². The zero-order chi connectivity index (χ0) is 19.5. The SMILES string of the molecule is Cc1cccn2cc(-c3cccc(NC(=O)CCc4cccc(Cl)c4)c3)nc12. The molecule has 0 radical (unpaired) electrons. The van der Waals surface area contributed by atoms with Crippen LogP contribution in [0.5, 0.6) is 0 Å². The zero-order valence-corrected chi connectivity index (χ0v) is 16.3. The number of carbonyl (C=O) groups excluding carboxylic acids is 1. The molecular formula is C23H20ClN3O. The lowest BCUT2D eigenvalue weighted by Crippen LogP contribution is -2.12. The van der Waals surface area contributed by atoms with E-state index in [9.17, 15) is 4.79 Å². The first-order chi connectivity index (χ1) is 13.6. The minimum atomic E-state index is -0.0250. The van der Waals surface area contributed by atoms with Gasteiger partial charge < -0.3 is 9.72 Å². The predicted octanol–water partition coefficient (Wildman–Crippen LogP) is 5.53. The fourth-order valence-electron chi connectivity index (χ4n) is 3.22. The van der Waals surface area contributed by atoms with Gasteiger partial charge in [-0.3, -0.25) is 4.79 Å². The number of carbonyl (C=O) groups is 1. The summed E-state index contributed by atoms with van der Waals surface area (Å²) in [6.45, 7) is 2.04. The third-order valence-corrected chi connectivity index (χ3v) is 4.88. The van der Waals surface area contributed by atoms with E-state index in [1.165, 1.54) is 0 Å². The summed E-state index contributed by atoms with van der Waals surface area (Å²) in [4.78, 5) is 17.1. The standard InChI is InChI=1S/C23H20ClN3O/c1-16-5-4-12-27-15-21(26-23(16)27)18-7-3-9-20(14-18)25-22(28)11-10-17-6-2-8-19(24)13-17/h2-9,12-15H,10-11H2,1H3,(H,25,28). The van der Waals surface area contributed by atoms with Crippen molar-refractivity contribution in [1.82, 2.24) is 9.38 Å². The lowest BCUT2D eigenvalue weighted by molar-refractivity contribution is -0.116. The highest BCUT2D eigenvalue weighted by molar-refractivity contribution is 6.30. The minimum Gasteiger partial charge on any atom is -0.326 e. The van der Waals surface area contributed by atoms with Gasteiger partial charge >= 0.3 is 0 Å². The molecule has 4 nitrogen and oxygen atoms in total. The van der Waals surface area contributed by atoms with Crippen LogP contribution >= 0.6 is 11.6 Å². The Morgan fingerprint density at radius 2 is 1.96 bits per heavy atom. The lowest BCUT2D eigenvalue weighted by atomic mass is 10.1. The first kappa shape index (κ1) is 18.3. The first-order valence-corrected chi connectivity index (χ1v) is 9.55. The highest BCUT2D eigenvalue weighted by Crippen LogP contribution is 2.23. The van der Waals surface area contributed by atoms with E-state index in [-0.39, 0.29) is 5.91 Å². The van der Waals surface area contributed by atoms with Crippen molar-refractivity contribution in [3.8, 4) is 11.3 Å². The number of rotatable bonds is 5. The van der Waals surface area contributed by atoms with Crippen molar-refractivity contribution < 1.29 is 4.79 Å². The fraction of sp³-hybridized carbons (Fsp3) is 0.130. The number of anilines is 1. The Balaban J connectivity index is 1.47. The Bertz CT molecular complexity index is 1150. The van der Waals surface area contributed by atoms with E-state index in [0.717, 1.165) is 33.7 Å². The second-order valence-electron chi connectivity index (χ2n) is 6.81. The Kier molecular flexibility index (Phi) is 5.13. The molecule has 0 unspecified atom stereocenters. The van der Waals surface area contributed by atoms with Crippen LogP contribution in [0.2, 0.25) is 5.02 Å². The van der Waals surface area contributed by atoms with Crippen LogP contribution in [-0.4, -0.2) is 15.3 Å². The van der Waals surface area contributed by atoms with Gasteiger partial charge in [-0.1, -0.05) is 41.9 Å². The van der Waals surface area contributed by atoms with E-state index in [4.69, 9.17) is 16.6 Å². The predicted molar refractivity (Wildman–Crippen MR) is 114 cm³/mol. The molecule has 2 aromatic heterocycles. The van der Waals surface area contributed by atoms with Gasteiger partial charge in [0, 0.05) is 35.1 Å². The van der Waals surface area contributed by atoms with E-state index >= 15 is 0 Å². The van der Waals surface area contributed by atoms with Crippen molar-refractivity contribution in [2.24, 2.45) is 0 Å². The van der Waals surface area contributed by atoms with Crippen LogP contribution < -0.4 is 5.32 Å². The maximum Gasteiger partial charge on any atom is 0.224 e. The molecule has 0 bridgehead atoms. The number of benzene rings is 2. The number of pyridine rings is 1. The molecule has 0 aliphatic carbocycles. The summed E-state index contributed by atoms with van der Waals surface area (Å²) in [7, 11) is 0. The van der Waals surface area contributed by atoms with Gasteiger partial charge in [0.2, 0.25) is 5.91 Å². The summed E-state index contributed by atoms with van der Waals surface area (Å²) in [6, 6.07) is 19.4. The molecule has 1 N–H and O–H groups in total. The Morgan fingerprint density at radius 3 is 2.79 bits per heavy atom. The molecule has 28 heavy (non-hydrogen) atoms. The van der Waals surface area contributed by atoms with Gasteiger partial charge in [-0.15, -0.1) is 0 Å². The number of fused-ring (bicyclic) bond motifs is 1. The molecule has 0 fully saturated rings. The van der Waals surface area contributed by atoms with Gasteiger partial charge in [-0.25, -0.2) is 4.98 Å². The number of nitrogens with zero attached hydrogens (tertiary/aromatic N) is 2. The van der Waals surface area contributed by atoms with E-state index < -0.39 is 0 Å². The van der Waals surface area contributed by atoms with Gasteiger partial charge in [0.05, 0.1) is 5.69 Å². The summed E-state index contributed by atoms with van der Waals surface area (Å²) in [5.74, 6) is -0.0250. The molecule has 0 saturated carbocycles. The van der Waals surface area contributed by atoms with Crippen molar-refractivity contribution in [2.75, 3.05) is 5.32 Å². The second-order valence-corrected chi connectivity index (χ2v) is 7.24. The van der Waals surface area contributed by atoms with Crippen molar-refractivity contribution in [1.29, 1.82) is 0 Å². The van der Waals surface area contributed by atoms with Crippen molar-refractivity contribution in [2.45, 2.75) is 19.8 Å². The third-order valence-electron chi connectivity index (χ3n) is 4.65. The first-order valence-electron chi connectivity index (χ1n) is 9.17. The molecule has 4 rings (SSSR count). The Hall–Kier alpha value is -3.11. The van der Waals surface area contributed by atoms with Gasteiger partial charge in [0.1, 0.15) is 5.65 Å². The molecule has 2 heterocycles. The number of hydrogen-bond acceptors (Lipinski definition) is 2. The maximum absolute atomic E-state index is 12.3. The average Bonchev–Trinajstić information content (AvgIpc) is 3.13. The topological polar surface area (TPSA) is 46.4 Å². The van der Waals surface area contributed by atoms with E-state index in [0.29, 0.717) is 17.9 Å². The van der Waals surface area contributed by atoms with Crippen LogP contribution in [0, 0.1) is 6.92 Å². The number of nitrogens with one attached hydrogen (secondary N) is 1. The number of imidazole rings is 1. The van der Waals surface area contributed by atoms with E-state index in [2.05, 4.69) is 5.32 Å². The molecule has 140 valence electrons. The van der Waals surface area contributed by atoms with Crippen LogP contribution in [0.4, 0.5) is 5.69 Å². The highest BCUT2D eigenvalue weighted by atomic mass is 35.5. The molecule has 0 aliphatic rings. The molecule has 1 amide bonds. The molecular weight excluding hydrogens is 370 g/mol. The number of halogens is 1. The number of aromatic nitrogens is 2. The highest BCUT2D eigenvalue weighted by Gasteiger charge is 2.08. The second kappa shape index (κ2) is 7.87. The van der Waals surface area contributed by atoms with Crippen molar-refractivity contribution in [3.05, 3.63) is 89.2 Å². The fourth-order valence-corrected chi connectivity index (χ4v) is 3.44. The lowest BCUT2D eigenvalue weighted by Gasteiger charge is -2.07. The van der Waals surface area contributed by atoms with Crippen LogP contribution in [0.1, 0.15) is 17.5 Å². The van der Waals surface area contributed by atoms with Gasteiger partial charge in [-0.05, 0) is 54.8 Å².